The molecule has 1 aromatic carbocycles. The van der Waals surface area contributed by atoms with Gasteiger partial charge in [0.15, 0.2) is 0 Å². The third-order valence-corrected chi connectivity index (χ3v) is 7.35. The third kappa shape index (κ3) is 6.96. The Labute approximate surface area is 202 Å². The summed E-state index contributed by atoms with van der Waals surface area (Å²) in [5.74, 6) is -5.64. The Morgan fingerprint density at radius 2 is 1.94 bits per heavy atom. The molecule has 184 valence electrons. The number of hydrogen-bond acceptors (Lipinski definition) is 4. The summed E-state index contributed by atoms with van der Waals surface area (Å²) in [7, 11) is 0. The minimum Gasteiger partial charge on any atom is -0.477 e. The number of aryl methyl sites for hydroxylation is 2. The van der Waals surface area contributed by atoms with Gasteiger partial charge in [0.25, 0.3) is 5.91 Å². The van der Waals surface area contributed by atoms with Crippen molar-refractivity contribution in [1.82, 2.24) is 4.90 Å². The molecule has 0 aliphatic carbocycles. The van der Waals surface area contributed by atoms with Crippen molar-refractivity contribution < 1.29 is 28.6 Å². The lowest BCUT2D eigenvalue weighted by Crippen LogP contribution is -2.36. The second-order valence-electron chi connectivity index (χ2n) is 8.88. The standard InChI is InChI=1S/C26H31F2NO4S/c1-18(7-5-10-19-8-3-2-4-9-19)22(30)14-12-20-17-26(27,28)25(33)29(20)16-6-11-21-13-15-23(34-21)24(31)32/h2-4,8-9,12-15,18,20,22,30H,5-7,10-11,16-17H2,1H3,(H,31,32)/b14-12+/t18-,20+,22+/m1/s1. The molecule has 0 saturated carbocycles. The van der Waals surface area contributed by atoms with Gasteiger partial charge in [0.1, 0.15) is 4.88 Å². The second-order valence-corrected chi connectivity index (χ2v) is 10.0. The lowest BCUT2D eigenvalue weighted by Gasteiger charge is -2.22. The van der Waals surface area contributed by atoms with Crippen LogP contribution in [0.25, 0.3) is 0 Å². The maximum atomic E-state index is 14.1. The van der Waals surface area contributed by atoms with Crippen LogP contribution in [0.4, 0.5) is 8.78 Å². The number of rotatable bonds is 12. The molecule has 2 aromatic rings. The molecule has 1 amide bonds. The van der Waals surface area contributed by atoms with Crippen LogP contribution < -0.4 is 0 Å². The number of alkyl halides is 2. The predicted octanol–water partition coefficient (Wildman–Crippen LogP) is 5.19. The number of aromatic carboxylic acids is 1. The molecular formula is C26H31F2NO4S. The fraction of sp³-hybridized carbons (Fsp3) is 0.462. The highest BCUT2D eigenvalue weighted by Gasteiger charge is 2.52. The van der Waals surface area contributed by atoms with E-state index in [0.717, 1.165) is 35.5 Å². The van der Waals surface area contributed by atoms with Gasteiger partial charge in [0.05, 0.1) is 12.1 Å². The van der Waals surface area contributed by atoms with Crippen molar-refractivity contribution in [3.05, 3.63) is 69.9 Å². The quantitative estimate of drug-likeness (QED) is 0.401. The molecule has 1 saturated heterocycles. The Hall–Kier alpha value is -2.58. The molecule has 2 N–H and O–H groups in total. The van der Waals surface area contributed by atoms with Crippen molar-refractivity contribution in [1.29, 1.82) is 0 Å². The molecule has 1 aliphatic heterocycles. The summed E-state index contributed by atoms with van der Waals surface area (Å²) in [6.45, 7) is 2.07. The first-order valence-corrected chi connectivity index (χ1v) is 12.4. The molecular weight excluding hydrogens is 460 g/mol. The fourth-order valence-corrected chi connectivity index (χ4v) is 5.07. The van der Waals surface area contributed by atoms with E-state index in [2.05, 4.69) is 12.1 Å². The van der Waals surface area contributed by atoms with Crippen molar-refractivity contribution in [2.24, 2.45) is 5.92 Å². The SMILES string of the molecule is C[C@H](CCCc1ccccc1)[C@@H](O)/C=C/[C@H]1CC(F)(F)C(=O)N1CCCc1ccc(C(=O)O)s1. The minimum atomic E-state index is -3.42. The summed E-state index contributed by atoms with van der Waals surface area (Å²) in [5.41, 5.74) is 1.24. The van der Waals surface area contributed by atoms with Gasteiger partial charge in [-0.05, 0) is 55.7 Å². The lowest BCUT2D eigenvalue weighted by molar-refractivity contribution is -0.148. The molecule has 0 radical (unpaired) electrons. The van der Waals surface area contributed by atoms with Crippen LogP contribution >= 0.6 is 11.3 Å². The molecule has 2 heterocycles. The first-order chi connectivity index (χ1) is 16.2. The van der Waals surface area contributed by atoms with E-state index in [1.54, 1.807) is 6.07 Å². The van der Waals surface area contributed by atoms with Gasteiger partial charge < -0.3 is 15.1 Å². The third-order valence-electron chi connectivity index (χ3n) is 6.22. The van der Waals surface area contributed by atoms with Crippen molar-refractivity contribution in [3.8, 4) is 0 Å². The van der Waals surface area contributed by atoms with Crippen LogP contribution in [0.5, 0.6) is 0 Å². The van der Waals surface area contributed by atoms with Crippen LogP contribution in [0.1, 0.15) is 52.7 Å². The number of carbonyl (C=O) groups is 2. The number of halogens is 2. The Bertz CT molecular complexity index is 992. The normalized spacial score (nSPS) is 19.6. The van der Waals surface area contributed by atoms with Gasteiger partial charge in [0, 0.05) is 17.8 Å². The topological polar surface area (TPSA) is 77.8 Å². The van der Waals surface area contributed by atoms with Crippen molar-refractivity contribution in [2.75, 3.05) is 6.54 Å². The van der Waals surface area contributed by atoms with Gasteiger partial charge in [-0.15, -0.1) is 11.3 Å². The zero-order chi connectivity index (χ0) is 24.7. The number of thiophene rings is 1. The molecule has 3 rings (SSSR count). The van der Waals surface area contributed by atoms with Gasteiger partial charge >= 0.3 is 11.9 Å². The van der Waals surface area contributed by atoms with E-state index in [-0.39, 0.29) is 17.3 Å². The van der Waals surface area contributed by atoms with Gasteiger partial charge in [-0.1, -0.05) is 49.4 Å². The summed E-state index contributed by atoms with van der Waals surface area (Å²) in [6, 6.07) is 12.5. The average molecular weight is 492 g/mol. The summed E-state index contributed by atoms with van der Waals surface area (Å²) in [5, 5.41) is 19.5. The number of carboxylic acid groups (broad SMARTS) is 1. The number of hydrogen-bond donors (Lipinski definition) is 2. The molecule has 1 aliphatic rings. The van der Waals surface area contributed by atoms with Gasteiger partial charge in [0.2, 0.25) is 0 Å². The Morgan fingerprint density at radius 3 is 2.62 bits per heavy atom. The molecule has 0 unspecified atom stereocenters. The first-order valence-electron chi connectivity index (χ1n) is 11.6. The number of aliphatic hydroxyl groups is 1. The maximum absolute atomic E-state index is 14.1. The maximum Gasteiger partial charge on any atom is 0.345 e. The molecule has 34 heavy (non-hydrogen) atoms. The first kappa shape index (κ1) is 26.0. The summed E-state index contributed by atoms with van der Waals surface area (Å²) in [6.07, 6.45) is 5.27. The van der Waals surface area contributed by atoms with E-state index in [0.29, 0.717) is 12.8 Å². The van der Waals surface area contributed by atoms with Crippen molar-refractivity contribution in [3.63, 3.8) is 0 Å². The highest BCUT2D eigenvalue weighted by Crippen LogP contribution is 2.34. The van der Waals surface area contributed by atoms with Crippen LogP contribution in [0.2, 0.25) is 0 Å². The van der Waals surface area contributed by atoms with Gasteiger partial charge in [-0.3, -0.25) is 4.79 Å². The van der Waals surface area contributed by atoms with E-state index >= 15 is 0 Å². The highest BCUT2D eigenvalue weighted by molar-refractivity contribution is 7.13. The monoisotopic (exact) mass is 491 g/mol. The van der Waals surface area contributed by atoms with E-state index in [4.69, 9.17) is 5.11 Å². The highest BCUT2D eigenvalue weighted by atomic mass is 32.1. The number of nitrogens with zero attached hydrogens (tertiary/aromatic N) is 1. The van der Waals surface area contributed by atoms with Gasteiger partial charge in [-0.2, -0.15) is 8.78 Å². The average Bonchev–Trinajstić information content (AvgIpc) is 3.36. The molecule has 1 fully saturated rings. The number of carbonyl (C=O) groups excluding carboxylic acids is 1. The van der Waals surface area contributed by atoms with E-state index in [1.807, 2.05) is 25.1 Å². The smallest absolute Gasteiger partial charge is 0.345 e. The second kappa shape index (κ2) is 11.7. The number of aliphatic hydroxyl groups excluding tert-OH is 1. The van der Waals surface area contributed by atoms with Gasteiger partial charge in [-0.25, -0.2) is 4.79 Å². The molecule has 1 aromatic heterocycles. The van der Waals surface area contributed by atoms with Crippen molar-refractivity contribution in [2.45, 2.75) is 63.5 Å². The summed E-state index contributed by atoms with van der Waals surface area (Å²) in [4.78, 5) is 25.5. The van der Waals surface area contributed by atoms with E-state index in [9.17, 15) is 23.5 Å². The zero-order valence-corrected chi connectivity index (χ0v) is 20.0. The van der Waals surface area contributed by atoms with Crippen LogP contribution in [0.3, 0.4) is 0 Å². The van der Waals surface area contributed by atoms with E-state index in [1.165, 1.54) is 28.7 Å². The number of likely N-dealkylation sites (tertiary alicyclic amines) is 1. The van der Waals surface area contributed by atoms with Crippen LogP contribution in [0.15, 0.2) is 54.6 Å². The molecule has 0 spiro atoms. The number of amides is 1. The predicted molar refractivity (Wildman–Crippen MR) is 128 cm³/mol. The zero-order valence-electron chi connectivity index (χ0n) is 19.2. The molecule has 5 nitrogen and oxygen atoms in total. The van der Waals surface area contributed by atoms with Crippen LogP contribution in [-0.2, 0) is 17.6 Å². The minimum absolute atomic E-state index is 0.0340. The number of benzene rings is 1. The Kier molecular flexibility index (Phi) is 8.97. The largest absolute Gasteiger partial charge is 0.477 e. The Balaban J connectivity index is 1.51. The van der Waals surface area contributed by atoms with Crippen LogP contribution in [0, 0.1) is 5.92 Å². The van der Waals surface area contributed by atoms with Crippen molar-refractivity contribution >= 4 is 23.2 Å². The van der Waals surface area contributed by atoms with E-state index < -0.39 is 36.4 Å². The Morgan fingerprint density at radius 1 is 1.21 bits per heavy atom. The summed E-state index contributed by atoms with van der Waals surface area (Å²) < 4.78 is 28.3. The number of carboxylic acids is 1. The molecule has 3 atom stereocenters. The van der Waals surface area contributed by atoms with Crippen LogP contribution in [-0.4, -0.2) is 51.6 Å². The molecule has 8 heteroatoms. The summed E-state index contributed by atoms with van der Waals surface area (Å²) >= 11 is 1.15. The molecule has 0 bridgehead atoms. The fourth-order valence-electron chi connectivity index (χ4n) is 4.19. The lowest BCUT2D eigenvalue weighted by atomic mass is 9.95.